The van der Waals surface area contributed by atoms with E-state index in [1.54, 1.807) is 20.8 Å². The van der Waals surface area contributed by atoms with Gasteiger partial charge in [0, 0.05) is 23.8 Å². The number of rotatable bonds is 4. The second-order valence-electron chi connectivity index (χ2n) is 12.9. The van der Waals surface area contributed by atoms with Gasteiger partial charge < -0.3 is 44.6 Å². The Morgan fingerprint density at radius 1 is 0.975 bits per heavy atom. The highest BCUT2D eigenvalue weighted by Gasteiger charge is 2.51. The Bertz CT molecular complexity index is 864. The van der Waals surface area contributed by atoms with Gasteiger partial charge in [-0.25, -0.2) is 0 Å². The summed E-state index contributed by atoms with van der Waals surface area (Å²) in [6.07, 6.45) is -7.11. The molecule has 2 saturated heterocycles. The Morgan fingerprint density at radius 2 is 1.55 bits per heavy atom. The molecule has 0 radical (unpaired) electrons. The first kappa shape index (κ1) is 35.0. The molecule has 0 bridgehead atoms. The summed E-state index contributed by atoms with van der Waals surface area (Å²) in [5, 5.41) is 56.4. The number of esters is 1. The number of aliphatic hydroxyl groups excluding tert-OH is 3. The van der Waals surface area contributed by atoms with Crippen molar-refractivity contribution in [2.75, 3.05) is 14.1 Å². The van der Waals surface area contributed by atoms with Crippen molar-refractivity contribution in [3.8, 4) is 0 Å². The smallest absolute Gasteiger partial charge is 0.311 e. The maximum atomic E-state index is 13.4. The van der Waals surface area contributed by atoms with Crippen molar-refractivity contribution in [3.63, 3.8) is 0 Å². The molecule has 0 aromatic heterocycles. The minimum atomic E-state index is -1.94. The summed E-state index contributed by atoms with van der Waals surface area (Å²) in [6.45, 7) is 12.5. The molecule has 0 aromatic rings. The predicted octanol–water partition coefficient (Wildman–Crippen LogP) is 0.860. The lowest BCUT2D eigenvalue weighted by molar-refractivity contribution is -0.299. The van der Waals surface area contributed by atoms with Crippen LogP contribution in [-0.2, 0) is 23.8 Å². The lowest BCUT2D eigenvalue weighted by Crippen LogP contribution is -2.60. The first-order valence-electron chi connectivity index (χ1n) is 14.5. The fourth-order valence-electron chi connectivity index (χ4n) is 6.41. The Hall–Kier alpha value is -1.18. The first-order valence-corrected chi connectivity index (χ1v) is 14.5. The number of aliphatic hydroxyl groups is 5. The number of hydrogen-bond donors (Lipinski definition) is 5. The van der Waals surface area contributed by atoms with E-state index in [9.17, 15) is 35.1 Å². The molecule has 0 aliphatic carbocycles. The SMILES string of the molecule is CC[C@H]1OC(=O)[C@H](C)C(O)[C@H](C)C(OC2O[C@H](C)CC(N(C)C)C2O)[C@@](C)(O)C[C@@H](C)C(=O)[C@H](C)C(O)[C@]1(C)O. The van der Waals surface area contributed by atoms with E-state index < -0.39 is 83.4 Å². The molecule has 40 heavy (non-hydrogen) atoms. The molecule has 5 N–H and O–H groups in total. The Morgan fingerprint density at radius 3 is 2.08 bits per heavy atom. The van der Waals surface area contributed by atoms with Gasteiger partial charge in [-0.15, -0.1) is 0 Å². The molecule has 0 aromatic carbocycles. The molecule has 14 atom stereocenters. The van der Waals surface area contributed by atoms with Crippen LogP contribution in [0, 0.1) is 23.7 Å². The monoisotopic (exact) mass is 575 g/mol. The van der Waals surface area contributed by atoms with Gasteiger partial charge in [-0.05, 0) is 61.1 Å². The van der Waals surface area contributed by atoms with Crippen LogP contribution in [0.2, 0.25) is 0 Å². The van der Waals surface area contributed by atoms with Crippen LogP contribution in [0.25, 0.3) is 0 Å². The van der Waals surface area contributed by atoms with Crippen LogP contribution in [0.1, 0.15) is 74.7 Å². The molecule has 0 spiro atoms. The predicted molar refractivity (Wildman–Crippen MR) is 147 cm³/mol. The quantitative estimate of drug-likeness (QED) is 0.302. The van der Waals surface area contributed by atoms with Crippen LogP contribution in [-0.4, -0.2) is 116 Å². The molecule has 11 heteroatoms. The van der Waals surface area contributed by atoms with Gasteiger partial charge >= 0.3 is 5.97 Å². The zero-order valence-corrected chi connectivity index (χ0v) is 25.8. The van der Waals surface area contributed by atoms with E-state index in [-0.39, 0.29) is 25.0 Å². The molecule has 234 valence electrons. The van der Waals surface area contributed by atoms with E-state index in [2.05, 4.69) is 0 Å². The number of likely N-dealkylation sites (N-methyl/N-ethyl adjacent to an activating group) is 1. The van der Waals surface area contributed by atoms with Gasteiger partial charge in [0.25, 0.3) is 0 Å². The fourth-order valence-corrected chi connectivity index (χ4v) is 6.41. The Kier molecular flexibility index (Phi) is 11.7. The fraction of sp³-hybridized carbons (Fsp3) is 0.931. The third-order valence-corrected chi connectivity index (χ3v) is 9.08. The largest absolute Gasteiger partial charge is 0.459 e. The summed E-state index contributed by atoms with van der Waals surface area (Å²) in [5.41, 5.74) is -3.68. The normalized spacial score (nSPS) is 48.5. The highest BCUT2D eigenvalue weighted by atomic mass is 16.7. The summed E-state index contributed by atoms with van der Waals surface area (Å²) >= 11 is 0. The molecule has 0 amide bonds. The van der Waals surface area contributed by atoms with Crippen molar-refractivity contribution >= 4 is 11.8 Å². The van der Waals surface area contributed by atoms with Gasteiger partial charge in [0.1, 0.15) is 23.6 Å². The summed E-state index contributed by atoms with van der Waals surface area (Å²) in [4.78, 5) is 28.4. The van der Waals surface area contributed by atoms with E-state index in [4.69, 9.17) is 14.2 Å². The van der Waals surface area contributed by atoms with Gasteiger partial charge in [0.2, 0.25) is 0 Å². The van der Waals surface area contributed by atoms with Crippen molar-refractivity contribution in [2.45, 2.75) is 135 Å². The zero-order chi connectivity index (χ0) is 30.9. The van der Waals surface area contributed by atoms with Crippen LogP contribution in [0.15, 0.2) is 0 Å². The molecule has 0 saturated carbocycles. The van der Waals surface area contributed by atoms with E-state index >= 15 is 0 Å². The second kappa shape index (κ2) is 13.4. The lowest BCUT2D eigenvalue weighted by atomic mass is 9.74. The molecule has 2 fully saturated rings. The minimum absolute atomic E-state index is 0.113. The number of carbonyl (C=O) groups excluding carboxylic acids is 2. The number of hydrogen-bond acceptors (Lipinski definition) is 11. The van der Waals surface area contributed by atoms with Gasteiger partial charge in [-0.1, -0.05) is 27.7 Å². The highest BCUT2D eigenvalue weighted by Crippen LogP contribution is 2.37. The second-order valence-corrected chi connectivity index (χ2v) is 12.9. The maximum Gasteiger partial charge on any atom is 0.311 e. The summed E-state index contributed by atoms with van der Waals surface area (Å²) in [6, 6.07) is -0.284. The number of nitrogens with zero attached hydrogens (tertiary/aromatic N) is 1. The van der Waals surface area contributed by atoms with E-state index in [1.165, 1.54) is 27.7 Å². The number of carbonyl (C=O) groups is 2. The zero-order valence-electron chi connectivity index (χ0n) is 25.8. The summed E-state index contributed by atoms with van der Waals surface area (Å²) in [7, 11) is 3.67. The highest BCUT2D eigenvalue weighted by molar-refractivity contribution is 5.83. The molecule has 11 nitrogen and oxygen atoms in total. The van der Waals surface area contributed by atoms with E-state index in [0.717, 1.165) is 0 Å². The van der Waals surface area contributed by atoms with Crippen molar-refractivity contribution in [1.82, 2.24) is 4.90 Å². The number of ether oxygens (including phenoxy) is 3. The number of ketones is 1. The molecule has 2 aliphatic heterocycles. The van der Waals surface area contributed by atoms with Crippen LogP contribution < -0.4 is 0 Å². The Labute approximate surface area is 238 Å². The first-order chi connectivity index (χ1) is 18.3. The van der Waals surface area contributed by atoms with Crippen LogP contribution >= 0.6 is 0 Å². The molecular weight excluding hydrogens is 522 g/mol. The van der Waals surface area contributed by atoms with Gasteiger partial charge in [-0.3, -0.25) is 9.59 Å². The standard InChI is InChI=1S/C29H53NO10/c1-11-20-29(8,37)24(34)16(4)21(31)14(2)13-28(7,36)25(17(5)22(32)18(6)26(35)39-20)40-27-23(33)19(30(9)10)12-15(3)38-27/h14-20,22-25,27,32-34,36-37H,11-13H2,1-10H3/t14-,15-,16+,17+,18-,19?,20-,22?,23?,24?,25?,27?,28+,29-/m1/s1. The van der Waals surface area contributed by atoms with Crippen LogP contribution in [0.5, 0.6) is 0 Å². The average Bonchev–Trinajstić information content (AvgIpc) is 2.87. The average molecular weight is 576 g/mol. The summed E-state index contributed by atoms with van der Waals surface area (Å²) in [5.74, 6) is -5.00. The number of cyclic esters (lactones) is 1. The van der Waals surface area contributed by atoms with Crippen molar-refractivity contribution < 1.29 is 49.3 Å². The van der Waals surface area contributed by atoms with Gasteiger partial charge in [-0.2, -0.15) is 0 Å². The molecule has 2 aliphatic rings. The minimum Gasteiger partial charge on any atom is -0.459 e. The van der Waals surface area contributed by atoms with Crippen LogP contribution in [0.3, 0.4) is 0 Å². The topological polar surface area (TPSA) is 166 Å². The van der Waals surface area contributed by atoms with Gasteiger partial charge in [0.05, 0.1) is 35.9 Å². The molecular formula is C29H53NO10. The molecule has 6 unspecified atom stereocenters. The van der Waals surface area contributed by atoms with Crippen molar-refractivity contribution in [3.05, 3.63) is 0 Å². The van der Waals surface area contributed by atoms with Crippen molar-refractivity contribution in [2.24, 2.45) is 23.7 Å². The third kappa shape index (κ3) is 7.42. The van der Waals surface area contributed by atoms with Crippen LogP contribution in [0.4, 0.5) is 0 Å². The third-order valence-electron chi connectivity index (χ3n) is 9.08. The molecule has 2 rings (SSSR count). The maximum absolute atomic E-state index is 13.4. The van der Waals surface area contributed by atoms with Gasteiger partial charge in [0.15, 0.2) is 6.29 Å². The lowest BCUT2D eigenvalue weighted by Gasteiger charge is -2.47. The van der Waals surface area contributed by atoms with E-state index in [1.807, 2.05) is 25.9 Å². The summed E-state index contributed by atoms with van der Waals surface area (Å²) < 4.78 is 17.8. The van der Waals surface area contributed by atoms with Crippen molar-refractivity contribution in [1.29, 1.82) is 0 Å². The van der Waals surface area contributed by atoms with E-state index in [0.29, 0.717) is 6.42 Å². The Balaban J connectivity index is 2.55. The number of Topliss-reactive ketones (excluding diaryl/α,β-unsaturated/α-hetero) is 1. The molecule has 2 heterocycles.